The maximum Gasteiger partial charge on any atom is 0.227 e. The van der Waals surface area contributed by atoms with E-state index < -0.39 is 6.10 Å². The Morgan fingerprint density at radius 2 is 2.26 bits per heavy atom. The minimum Gasteiger partial charge on any atom is -0.391 e. The standard InChI is InChI=1S/C15H22N2O2/c1-11(13-7-4-8-16-9-13)15(19)17-10-14(18)12-5-2-3-6-12/h4,7-9,11-12,14,18H,2-3,5-6,10H2,1H3,(H,17,19). The van der Waals surface area contributed by atoms with Gasteiger partial charge in [-0.1, -0.05) is 18.9 Å². The summed E-state index contributed by atoms with van der Waals surface area (Å²) in [6, 6.07) is 3.72. The molecule has 19 heavy (non-hydrogen) atoms. The highest BCUT2D eigenvalue weighted by Crippen LogP contribution is 2.27. The normalized spacial score (nSPS) is 19.1. The van der Waals surface area contributed by atoms with Crippen LogP contribution in [0, 0.1) is 5.92 Å². The summed E-state index contributed by atoms with van der Waals surface area (Å²) in [4.78, 5) is 16.0. The first-order valence-electron chi connectivity index (χ1n) is 7.04. The summed E-state index contributed by atoms with van der Waals surface area (Å²) in [5.41, 5.74) is 0.898. The van der Waals surface area contributed by atoms with Crippen molar-refractivity contribution in [1.82, 2.24) is 10.3 Å². The Labute approximate surface area is 114 Å². The SMILES string of the molecule is CC(C(=O)NCC(O)C1CCCC1)c1cccnc1. The molecule has 0 spiro atoms. The second-order valence-corrected chi connectivity index (χ2v) is 5.37. The second kappa shape index (κ2) is 6.66. The number of aliphatic hydroxyl groups is 1. The molecule has 1 aliphatic carbocycles. The highest BCUT2D eigenvalue weighted by molar-refractivity contribution is 5.83. The molecule has 1 heterocycles. The molecule has 2 unspecified atom stereocenters. The van der Waals surface area contributed by atoms with Gasteiger partial charge in [0.15, 0.2) is 0 Å². The molecule has 4 nitrogen and oxygen atoms in total. The Morgan fingerprint density at radius 3 is 2.89 bits per heavy atom. The molecule has 4 heteroatoms. The maximum atomic E-state index is 12.0. The van der Waals surface area contributed by atoms with E-state index in [0.717, 1.165) is 18.4 Å². The van der Waals surface area contributed by atoms with Crippen LogP contribution in [0.25, 0.3) is 0 Å². The summed E-state index contributed by atoms with van der Waals surface area (Å²) in [6.07, 6.45) is 7.54. The van der Waals surface area contributed by atoms with Gasteiger partial charge in [0, 0.05) is 18.9 Å². The molecule has 0 radical (unpaired) electrons. The zero-order chi connectivity index (χ0) is 13.7. The monoisotopic (exact) mass is 262 g/mol. The first kappa shape index (κ1) is 14.0. The fraction of sp³-hybridized carbons (Fsp3) is 0.600. The van der Waals surface area contributed by atoms with Gasteiger partial charge in [-0.3, -0.25) is 9.78 Å². The van der Waals surface area contributed by atoms with Crippen molar-refractivity contribution < 1.29 is 9.90 Å². The Balaban J connectivity index is 1.80. The van der Waals surface area contributed by atoms with Gasteiger partial charge in [0.05, 0.1) is 12.0 Å². The summed E-state index contributed by atoms with van der Waals surface area (Å²) in [5, 5.41) is 12.9. The fourth-order valence-electron chi connectivity index (χ4n) is 2.65. The maximum absolute atomic E-state index is 12.0. The average molecular weight is 262 g/mol. The number of pyridine rings is 1. The number of nitrogens with zero attached hydrogens (tertiary/aromatic N) is 1. The second-order valence-electron chi connectivity index (χ2n) is 5.37. The number of nitrogens with one attached hydrogen (secondary N) is 1. The number of hydrogen-bond donors (Lipinski definition) is 2. The van der Waals surface area contributed by atoms with Crippen molar-refractivity contribution in [2.75, 3.05) is 6.54 Å². The Bertz CT molecular complexity index is 402. The molecule has 1 aromatic heterocycles. The lowest BCUT2D eigenvalue weighted by molar-refractivity contribution is -0.122. The van der Waals surface area contributed by atoms with Crippen molar-refractivity contribution in [2.45, 2.75) is 44.6 Å². The lowest BCUT2D eigenvalue weighted by atomic mass is 9.99. The summed E-state index contributed by atoms with van der Waals surface area (Å²) in [6.45, 7) is 2.21. The summed E-state index contributed by atoms with van der Waals surface area (Å²) < 4.78 is 0. The molecular weight excluding hydrogens is 240 g/mol. The third kappa shape index (κ3) is 3.77. The Kier molecular flexibility index (Phi) is 4.91. The zero-order valence-electron chi connectivity index (χ0n) is 11.4. The molecule has 1 saturated carbocycles. The minimum atomic E-state index is -0.410. The summed E-state index contributed by atoms with van der Waals surface area (Å²) in [7, 11) is 0. The van der Waals surface area contributed by atoms with Gasteiger partial charge in [-0.05, 0) is 37.3 Å². The van der Waals surface area contributed by atoms with Crippen molar-refractivity contribution >= 4 is 5.91 Å². The summed E-state index contributed by atoms with van der Waals surface area (Å²) >= 11 is 0. The molecule has 2 rings (SSSR count). The van der Waals surface area contributed by atoms with Crippen LogP contribution < -0.4 is 5.32 Å². The van der Waals surface area contributed by atoms with Gasteiger partial charge in [0.2, 0.25) is 5.91 Å². The number of carbonyl (C=O) groups excluding carboxylic acids is 1. The molecule has 1 aromatic rings. The molecule has 0 aromatic carbocycles. The van der Waals surface area contributed by atoms with Crippen LogP contribution in [0.2, 0.25) is 0 Å². The van der Waals surface area contributed by atoms with Crippen LogP contribution in [0.5, 0.6) is 0 Å². The number of amides is 1. The first-order valence-corrected chi connectivity index (χ1v) is 7.04. The van der Waals surface area contributed by atoms with Crippen LogP contribution >= 0.6 is 0 Å². The smallest absolute Gasteiger partial charge is 0.227 e. The number of hydrogen-bond acceptors (Lipinski definition) is 3. The van der Waals surface area contributed by atoms with E-state index in [1.165, 1.54) is 12.8 Å². The third-order valence-electron chi connectivity index (χ3n) is 4.01. The average Bonchev–Trinajstić information content (AvgIpc) is 2.98. The molecule has 2 N–H and O–H groups in total. The Hall–Kier alpha value is -1.42. The van der Waals surface area contributed by atoms with E-state index >= 15 is 0 Å². The van der Waals surface area contributed by atoms with Crippen molar-refractivity contribution in [3.63, 3.8) is 0 Å². The van der Waals surface area contributed by atoms with Gasteiger partial charge in [-0.2, -0.15) is 0 Å². The predicted octanol–water partition coefficient (Wildman–Crippen LogP) is 1.85. The minimum absolute atomic E-state index is 0.0509. The van der Waals surface area contributed by atoms with Crippen LogP contribution in [-0.4, -0.2) is 28.6 Å². The van der Waals surface area contributed by atoms with Crippen molar-refractivity contribution in [1.29, 1.82) is 0 Å². The highest BCUT2D eigenvalue weighted by Gasteiger charge is 2.24. The first-order chi connectivity index (χ1) is 9.18. The molecule has 1 aliphatic rings. The van der Waals surface area contributed by atoms with E-state index in [1.54, 1.807) is 12.4 Å². The lowest BCUT2D eigenvalue weighted by Crippen LogP contribution is -2.37. The lowest BCUT2D eigenvalue weighted by Gasteiger charge is -2.19. The molecule has 0 aliphatic heterocycles. The van der Waals surface area contributed by atoms with Crippen LogP contribution in [-0.2, 0) is 4.79 Å². The fourth-order valence-corrected chi connectivity index (χ4v) is 2.65. The molecule has 1 fully saturated rings. The van der Waals surface area contributed by atoms with E-state index in [4.69, 9.17) is 0 Å². The Morgan fingerprint density at radius 1 is 1.53 bits per heavy atom. The van der Waals surface area contributed by atoms with Gasteiger partial charge in [-0.25, -0.2) is 0 Å². The highest BCUT2D eigenvalue weighted by atomic mass is 16.3. The van der Waals surface area contributed by atoms with E-state index in [1.807, 2.05) is 19.1 Å². The van der Waals surface area contributed by atoms with Gasteiger partial charge in [-0.15, -0.1) is 0 Å². The van der Waals surface area contributed by atoms with E-state index in [9.17, 15) is 9.90 Å². The van der Waals surface area contributed by atoms with E-state index in [0.29, 0.717) is 12.5 Å². The molecule has 104 valence electrons. The number of carbonyl (C=O) groups is 1. The van der Waals surface area contributed by atoms with Crippen LogP contribution in [0.3, 0.4) is 0 Å². The summed E-state index contributed by atoms with van der Waals surface area (Å²) in [5.74, 6) is 0.0727. The third-order valence-corrected chi connectivity index (χ3v) is 4.01. The topological polar surface area (TPSA) is 62.2 Å². The molecule has 2 atom stereocenters. The number of aliphatic hydroxyl groups excluding tert-OH is 1. The zero-order valence-corrected chi connectivity index (χ0v) is 11.4. The molecule has 0 saturated heterocycles. The number of rotatable bonds is 5. The van der Waals surface area contributed by atoms with Gasteiger partial charge < -0.3 is 10.4 Å². The quantitative estimate of drug-likeness (QED) is 0.851. The predicted molar refractivity (Wildman–Crippen MR) is 73.6 cm³/mol. The van der Waals surface area contributed by atoms with Crippen molar-refractivity contribution in [3.8, 4) is 0 Å². The van der Waals surface area contributed by atoms with Crippen molar-refractivity contribution in [2.24, 2.45) is 5.92 Å². The van der Waals surface area contributed by atoms with Gasteiger partial charge >= 0.3 is 0 Å². The number of aromatic nitrogens is 1. The van der Waals surface area contributed by atoms with Gasteiger partial charge in [0.25, 0.3) is 0 Å². The molecular formula is C15H22N2O2. The van der Waals surface area contributed by atoms with Crippen LogP contribution in [0.4, 0.5) is 0 Å². The van der Waals surface area contributed by atoms with Crippen molar-refractivity contribution in [3.05, 3.63) is 30.1 Å². The molecule has 0 bridgehead atoms. The largest absolute Gasteiger partial charge is 0.391 e. The van der Waals surface area contributed by atoms with Gasteiger partial charge in [0.1, 0.15) is 0 Å². The van der Waals surface area contributed by atoms with E-state index in [2.05, 4.69) is 10.3 Å². The van der Waals surface area contributed by atoms with Crippen LogP contribution in [0.1, 0.15) is 44.1 Å². The van der Waals surface area contributed by atoms with Crippen LogP contribution in [0.15, 0.2) is 24.5 Å². The molecule has 1 amide bonds. The van der Waals surface area contributed by atoms with E-state index in [-0.39, 0.29) is 11.8 Å².